The Hall–Kier alpha value is -0.730. The third-order valence-electron chi connectivity index (χ3n) is 3.74. The minimum absolute atomic E-state index is 0.0972. The Morgan fingerprint density at radius 3 is 3.06 bits per heavy atom. The summed E-state index contributed by atoms with van der Waals surface area (Å²) in [5, 5.41) is 0.818. The van der Waals surface area contributed by atoms with Gasteiger partial charge in [-0.2, -0.15) is 0 Å². The van der Waals surface area contributed by atoms with Gasteiger partial charge in [-0.25, -0.2) is 0 Å². The first kappa shape index (κ1) is 10.4. The number of fused-ring (bicyclic) bond motifs is 4. The van der Waals surface area contributed by atoms with Crippen molar-refractivity contribution in [3.8, 4) is 5.75 Å². The smallest absolute Gasteiger partial charge is 0.125 e. The third kappa shape index (κ3) is 1.52. The van der Waals surface area contributed by atoms with E-state index in [0.29, 0.717) is 5.92 Å². The number of nitrogens with two attached hydrogens (primary N) is 1. The summed E-state index contributed by atoms with van der Waals surface area (Å²) in [5.41, 5.74) is 7.16. The Morgan fingerprint density at radius 2 is 2.25 bits per heavy atom. The SMILES string of the molecule is CC12CC(N)CC(C1)c1c(Cl)cccc1O2. The summed E-state index contributed by atoms with van der Waals surface area (Å²) in [4.78, 5) is 0. The molecule has 1 aliphatic heterocycles. The van der Waals surface area contributed by atoms with E-state index in [1.165, 1.54) is 0 Å². The molecule has 0 aromatic heterocycles. The van der Waals surface area contributed by atoms with Crippen LogP contribution in [0.3, 0.4) is 0 Å². The first-order valence-corrected chi connectivity index (χ1v) is 6.18. The van der Waals surface area contributed by atoms with Crippen LogP contribution in [0, 0.1) is 0 Å². The van der Waals surface area contributed by atoms with E-state index in [2.05, 4.69) is 6.92 Å². The average molecular weight is 238 g/mol. The largest absolute Gasteiger partial charge is 0.487 e. The molecule has 3 rings (SSSR count). The highest BCUT2D eigenvalue weighted by molar-refractivity contribution is 6.31. The van der Waals surface area contributed by atoms with Gasteiger partial charge in [0.1, 0.15) is 11.4 Å². The molecule has 1 aromatic carbocycles. The van der Waals surface area contributed by atoms with Gasteiger partial charge in [0.2, 0.25) is 0 Å². The molecule has 2 aliphatic rings. The van der Waals surface area contributed by atoms with E-state index in [1.54, 1.807) is 0 Å². The van der Waals surface area contributed by atoms with Crippen molar-refractivity contribution in [2.24, 2.45) is 5.73 Å². The van der Waals surface area contributed by atoms with Gasteiger partial charge in [0.15, 0.2) is 0 Å². The molecule has 86 valence electrons. The van der Waals surface area contributed by atoms with E-state index in [9.17, 15) is 0 Å². The lowest BCUT2D eigenvalue weighted by molar-refractivity contribution is 0.0137. The van der Waals surface area contributed by atoms with Crippen molar-refractivity contribution in [2.75, 3.05) is 0 Å². The van der Waals surface area contributed by atoms with E-state index in [0.717, 1.165) is 35.6 Å². The van der Waals surface area contributed by atoms with Crippen molar-refractivity contribution >= 4 is 11.6 Å². The van der Waals surface area contributed by atoms with Gasteiger partial charge in [0.05, 0.1) is 0 Å². The van der Waals surface area contributed by atoms with Crippen molar-refractivity contribution in [3.63, 3.8) is 0 Å². The highest BCUT2D eigenvalue weighted by Crippen LogP contribution is 2.50. The maximum Gasteiger partial charge on any atom is 0.125 e. The summed E-state index contributed by atoms with van der Waals surface area (Å²) < 4.78 is 6.08. The Kier molecular flexibility index (Phi) is 2.20. The molecule has 2 bridgehead atoms. The molecule has 1 aliphatic carbocycles. The first-order valence-electron chi connectivity index (χ1n) is 5.80. The van der Waals surface area contributed by atoms with Gasteiger partial charge in [0.25, 0.3) is 0 Å². The summed E-state index contributed by atoms with van der Waals surface area (Å²) in [5.74, 6) is 1.42. The van der Waals surface area contributed by atoms with Gasteiger partial charge >= 0.3 is 0 Å². The minimum atomic E-state index is -0.0972. The van der Waals surface area contributed by atoms with Crippen LogP contribution in [0.2, 0.25) is 5.02 Å². The normalized spacial score (nSPS) is 36.4. The Balaban J connectivity index is 2.11. The molecule has 3 atom stereocenters. The third-order valence-corrected chi connectivity index (χ3v) is 4.07. The zero-order chi connectivity index (χ0) is 11.3. The summed E-state index contributed by atoms with van der Waals surface area (Å²) in [6.07, 6.45) is 3.00. The molecule has 3 heteroatoms. The topological polar surface area (TPSA) is 35.2 Å². The van der Waals surface area contributed by atoms with Gasteiger partial charge in [-0.05, 0) is 37.8 Å². The Morgan fingerprint density at radius 1 is 1.44 bits per heavy atom. The van der Waals surface area contributed by atoms with E-state index in [1.807, 2.05) is 18.2 Å². The van der Waals surface area contributed by atoms with Crippen molar-refractivity contribution in [3.05, 3.63) is 28.8 Å². The molecule has 1 heterocycles. The molecular weight excluding hydrogens is 222 g/mol. The van der Waals surface area contributed by atoms with Crippen LogP contribution < -0.4 is 10.5 Å². The molecule has 2 nitrogen and oxygen atoms in total. The van der Waals surface area contributed by atoms with Gasteiger partial charge < -0.3 is 10.5 Å². The first-order chi connectivity index (χ1) is 7.57. The molecule has 1 saturated carbocycles. The fourth-order valence-electron chi connectivity index (χ4n) is 3.26. The maximum atomic E-state index is 6.26. The van der Waals surface area contributed by atoms with Gasteiger partial charge in [0, 0.05) is 23.0 Å². The molecule has 0 spiro atoms. The highest BCUT2D eigenvalue weighted by atomic mass is 35.5. The Labute approximate surface area is 101 Å². The van der Waals surface area contributed by atoms with Crippen LogP contribution in [-0.2, 0) is 0 Å². The lowest BCUT2D eigenvalue weighted by Gasteiger charge is -2.46. The van der Waals surface area contributed by atoms with Crippen molar-refractivity contribution in [1.82, 2.24) is 0 Å². The fraction of sp³-hybridized carbons (Fsp3) is 0.538. The van der Waals surface area contributed by atoms with E-state index in [-0.39, 0.29) is 11.6 Å². The molecule has 1 aromatic rings. The number of halogens is 1. The van der Waals surface area contributed by atoms with Crippen molar-refractivity contribution in [2.45, 2.75) is 43.7 Å². The predicted octanol–water partition coefficient (Wildman–Crippen LogP) is 3.09. The predicted molar refractivity (Wildman–Crippen MR) is 65.1 cm³/mol. The summed E-state index contributed by atoms with van der Waals surface area (Å²) >= 11 is 6.26. The zero-order valence-electron chi connectivity index (χ0n) is 9.37. The van der Waals surface area contributed by atoms with Crippen LogP contribution in [0.5, 0.6) is 5.75 Å². The Bertz CT molecular complexity index is 434. The molecule has 0 radical (unpaired) electrons. The molecule has 1 fully saturated rings. The molecule has 3 unspecified atom stereocenters. The minimum Gasteiger partial charge on any atom is -0.487 e. The van der Waals surface area contributed by atoms with E-state index < -0.39 is 0 Å². The molecule has 0 saturated heterocycles. The molecule has 0 amide bonds. The monoisotopic (exact) mass is 237 g/mol. The van der Waals surface area contributed by atoms with Gasteiger partial charge in [-0.3, -0.25) is 0 Å². The van der Waals surface area contributed by atoms with Gasteiger partial charge in [-0.15, -0.1) is 0 Å². The number of benzene rings is 1. The van der Waals surface area contributed by atoms with E-state index in [4.69, 9.17) is 22.1 Å². The van der Waals surface area contributed by atoms with Crippen molar-refractivity contribution in [1.29, 1.82) is 0 Å². The summed E-state index contributed by atoms with van der Waals surface area (Å²) in [7, 11) is 0. The lowest BCUT2D eigenvalue weighted by atomic mass is 9.72. The van der Waals surface area contributed by atoms with Crippen LogP contribution in [0.15, 0.2) is 18.2 Å². The second-order valence-electron chi connectivity index (χ2n) is 5.30. The number of ether oxygens (including phenoxy) is 1. The van der Waals surface area contributed by atoms with Crippen LogP contribution in [0.4, 0.5) is 0 Å². The number of hydrogen-bond donors (Lipinski definition) is 1. The summed E-state index contributed by atoms with van der Waals surface area (Å²) in [6.45, 7) is 2.16. The number of hydrogen-bond acceptors (Lipinski definition) is 2. The van der Waals surface area contributed by atoms with Crippen LogP contribution >= 0.6 is 11.6 Å². The second kappa shape index (κ2) is 3.38. The van der Waals surface area contributed by atoms with Crippen molar-refractivity contribution < 1.29 is 4.74 Å². The lowest BCUT2D eigenvalue weighted by Crippen LogP contribution is -2.48. The maximum absolute atomic E-state index is 6.26. The second-order valence-corrected chi connectivity index (χ2v) is 5.71. The molecule has 2 N–H and O–H groups in total. The molecular formula is C13H16ClNO. The van der Waals surface area contributed by atoms with E-state index >= 15 is 0 Å². The van der Waals surface area contributed by atoms with Crippen LogP contribution in [0.1, 0.15) is 37.7 Å². The number of rotatable bonds is 0. The highest BCUT2D eigenvalue weighted by Gasteiger charge is 2.43. The zero-order valence-corrected chi connectivity index (χ0v) is 10.1. The van der Waals surface area contributed by atoms with Gasteiger partial charge in [-0.1, -0.05) is 17.7 Å². The molecule has 16 heavy (non-hydrogen) atoms. The van der Waals surface area contributed by atoms with Crippen LogP contribution in [0.25, 0.3) is 0 Å². The average Bonchev–Trinajstić information content (AvgIpc) is 2.14. The summed E-state index contributed by atoms with van der Waals surface area (Å²) in [6, 6.07) is 6.13. The van der Waals surface area contributed by atoms with Crippen LogP contribution in [-0.4, -0.2) is 11.6 Å². The standard InChI is InChI=1S/C13H16ClNO/c1-13-6-8(5-9(15)7-13)12-10(14)3-2-4-11(12)16-13/h2-4,8-9H,5-7,15H2,1H3. The quantitative estimate of drug-likeness (QED) is 0.753. The fourth-order valence-corrected chi connectivity index (χ4v) is 3.58.